The largest absolute Gasteiger partial charge is 0.465 e. The second-order valence-electron chi connectivity index (χ2n) is 7.20. The first kappa shape index (κ1) is 23.5. The fourth-order valence-corrected chi connectivity index (χ4v) is 4.40. The number of methoxy groups -OCH3 is 1. The van der Waals surface area contributed by atoms with Crippen LogP contribution in [0.3, 0.4) is 0 Å². The Morgan fingerprint density at radius 2 is 1.75 bits per heavy atom. The molecule has 0 atom stereocenters. The van der Waals surface area contributed by atoms with Crippen LogP contribution in [0.15, 0.2) is 48.5 Å². The molecule has 0 saturated heterocycles. The number of thiophene rings is 1. The molecule has 1 aromatic heterocycles. The van der Waals surface area contributed by atoms with E-state index in [1.807, 2.05) is 37.3 Å². The van der Waals surface area contributed by atoms with Crippen molar-refractivity contribution >= 4 is 51.4 Å². The molecule has 0 bridgehead atoms. The van der Waals surface area contributed by atoms with Gasteiger partial charge in [0.25, 0.3) is 5.91 Å². The number of ether oxygens (including phenoxy) is 1. The molecule has 0 saturated carbocycles. The summed E-state index contributed by atoms with van der Waals surface area (Å²) in [6, 6.07) is 14.8. The fourth-order valence-electron chi connectivity index (χ4n) is 3.12. The van der Waals surface area contributed by atoms with E-state index in [-0.39, 0.29) is 17.9 Å². The third kappa shape index (κ3) is 5.55. The number of halogens is 1. The van der Waals surface area contributed by atoms with Gasteiger partial charge in [-0.3, -0.25) is 9.59 Å². The van der Waals surface area contributed by atoms with Crippen LogP contribution in [0.4, 0.5) is 10.7 Å². The highest BCUT2D eigenvalue weighted by atomic mass is 35.5. The molecule has 3 aromatic rings. The van der Waals surface area contributed by atoms with Crippen LogP contribution in [0.1, 0.15) is 43.1 Å². The Morgan fingerprint density at radius 3 is 2.41 bits per heavy atom. The summed E-state index contributed by atoms with van der Waals surface area (Å²) in [6.07, 6.45) is 0.803. The number of nitrogens with one attached hydrogen (secondary N) is 2. The SMILES string of the molecule is COC(=O)c1c(NC(=O)CCc2ccccc2)sc(C(=O)Nc2ccc(C)c(Cl)c2)c1C. The van der Waals surface area contributed by atoms with Gasteiger partial charge in [-0.25, -0.2) is 4.79 Å². The molecule has 8 heteroatoms. The number of benzene rings is 2. The Bertz CT molecular complexity index is 1160. The van der Waals surface area contributed by atoms with E-state index in [2.05, 4.69) is 10.6 Å². The maximum Gasteiger partial charge on any atom is 0.341 e. The number of carbonyl (C=O) groups excluding carboxylic acids is 3. The van der Waals surface area contributed by atoms with Gasteiger partial charge in [-0.2, -0.15) is 0 Å². The van der Waals surface area contributed by atoms with Crippen LogP contribution in [0.2, 0.25) is 5.02 Å². The second kappa shape index (κ2) is 10.4. The minimum absolute atomic E-state index is 0.178. The van der Waals surface area contributed by atoms with E-state index in [1.165, 1.54) is 7.11 Å². The van der Waals surface area contributed by atoms with Crippen LogP contribution in [-0.4, -0.2) is 24.9 Å². The highest BCUT2D eigenvalue weighted by Gasteiger charge is 2.26. The summed E-state index contributed by atoms with van der Waals surface area (Å²) in [7, 11) is 1.26. The summed E-state index contributed by atoms with van der Waals surface area (Å²) < 4.78 is 4.88. The van der Waals surface area contributed by atoms with E-state index in [1.54, 1.807) is 25.1 Å². The third-order valence-corrected chi connectivity index (χ3v) is 6.52. The Balaban J connectivity index is 1.80. The van der Waals surface area contributed by atoms with E-state index in [9.17, 15) is 14.4 Å². The molecular formula is C24H23ClN2O4S. The molecule has 0 radical (unpaired) electrons. The quantitative estimate of drug-likeness (QED) is 0.438. The lowest BCUT2D eigenvalue weighted by Gasteiger charge is -2.06. The predicted molar refractivity (Wildman–Crippen MR) is 128 cm³/mol. The second-order valence-corrected chi connectivity index (χ2v) is 8.63. The summed E-state index contributed by atoms with van der Waals surface area (Å²) in [4.78, 5) is 38.1. The number of hydrogen-bond acceptors (Lipinski definition) is 5. The molecule has 6 nitrogen and oxygen atoms in total. The maximum atomic E-state index is 12.9. The van der Waals surface area contributed by atoms with E-state index < -0.39 is 11.9 Å². The van der Waals surface area contributed by atoms with Gasteiger partial charge in [0.1, 0.15) is 5.00 Å². The van der Waals surface area contributed by atoms with E-state index >= 15 is 0 Å². The number of hydrogen-bond donors (Lipinski definition) is 2. The van der Waals surface area contributed by atoms with Crippen molar-refractivity contribution in [2.45, 2.75) is 26.7 Å². The highest BCUT2D eigenvalue weighted by Crippen LogP contribution is 2.34. The van der Waals surface area contributed by atoms with Crippen molar-refractivity contribution in [3.63, 3.8) is 0 Å². The molecule has 32 heavy (non-hydrogen) atoms. The van der Waals surface area contributed by atoms with Crippen molar-refractivity contribution in [3.05, 3.63) is 80.7 Å². The van der Waals surface area contributed by atoms with Crippen LogP contribution in [0.25, 0.3) is 0 Å². The molecule has 0 fully saturated rings. The van der Waals surface area contributed by atoms with Crippen LogP contribution in [0.5, 0.6) is 0 Å². The molecule has 0 aliphatic carbocycles. The minimum Gasteiger partial charge on any atom is -0.465 e. The molecule has 2 amide bonds. The van der Waals surface area contributed by atoms with Gasteiger partial charge >= 0.3 is 5.97 Å². The first-order chi connectivity index (χ1) is 15.3. The first-order valence-electron chi connectivity index (χ1n) is 9.93. The van der Waals surface area contributed by atoms with Crippen molar-refractivity contribution in [3.8, 4) is 0 Å². The number of carbonyl (C=O) groups is 3. The lowest BCUT2D eigenvalue weighted by atomic mass is 10.1. The highest BCUT2D eigenvalue weighted by molar-refractivity contribution is 7.18. The van der Waals surface area contributed by atoms with E-state index in [4.69, 9.17) is 16.3 Å². The Labute approximate surface area is 195 Å². The molecule has 2 aromatic carbocycles. The average Bonchev–Trinajstić information content (AvgIpc) is 3.10. The topological polar surface area (TPSA) is 84.5 Å². The number of esters is 1. The van der Waals surface area contributed by atoms with E-state index in [0.717, 1.165) is 22.5 Å². The molecule has 2 N–H and O–H groups in total. The molecule has 0 unspecified atom stereocenters. The van der Waals surface area contributed by atoms with Crippen LogP contribution < -0.4 is 10.6 Å². The molecule has 0 aliphatic rings. The van der Waals surface area contributed by atoms with Crippen molar-refractivity contribution in [1.82, 2.24) is 0 Å². The summed E-state index contributed by atoms with van der Waals surface area (Å²) in [6.45, 7) is 3.52. The molecule has 166 valence electrons. The molecule has 3 rings (SSSR count). The van der Waals surface area contributed by atoms with Gasteiger partial charge in [-0.15, -0.1) is 11.3 Å². The van der Waals surface area contributed by atoms with Gasteiger partial charge < -0.3 is 15.4 Å². The van der Waals surface area contributed by atoms with Gasteiger partial charge in [-0.1, -0.05) is 48.0 Å². The molecule has 0 aliphatic heterocycles. The molecular weight excluding hydrogens is 448 g/mol. The van der Waals surface area contributed by atoms with Gasteiger partial charge in [0, 0.05) is 17.1 Å². The van der Waals surface area contributed by atoms with Crippen molar-refractivity contribution in [1.29, 1.82) is 0 Å². The molecule has 0 spiro atoms. The zero-order chi connectivity index (χ0) is 23.3. The van der Waals surface area contributed by atoms with Crippen molar-refractivity contribution in [2.75, 3.05) is 17.7 Å². The van der Waals surface area contributed by atoms with Gasteiger partial charge in [0.05, 0.1) is 17.6 Å². The lowest BCUT2D eigenvalue weighted by Crippen LogP contribution is -2.14. The zero-order valence-corrected chi connectivity index (χ0v) is 19.5. The normalized spacial score (nSPS) is 10.5. The summed E-state index contributed by atoms with van der Waals surface area (Å²) in [5.41, 5.74) is 3.08. The van der Waals surface area contributed by atoms with Crippen LogP contribution >= 0.6 is 22.9 Å². The summed E-state index contributed by atoms with van der Waals surface area (Å²) in [5.74, 6) is -1.27. The standard InChI is InChI=1S/C24H23ClN2O4S/c1-14-9-11-17(13-18(14)25)26-22(29)21-15(2)20(24(30)31-3)23(32-21)27-19(28)12-10-16-7-5-4-6-8-16/h4-9,11,13H,10,12H2,1-3H3,(H,26,29)(H,27,28). The fraction of sp³-hybridized carbons (Fsp3) is 0.208. The Morgan fingerprint density at radius 1 is 1.03 bits per heavy atom. The van der Waals surface area contributed by atoms with Crippen LogP contribution in [-0.2, 0) is 16.0 Å². The first-order valence-corrected chi connectivity index (χ1v) is 11.1. The lowest BCUT2D eigenvalue weighted by molar-refractivity contribution is -0.116. The third-order valence-electron chi connectivity index (χ3n) is 4.91. The summed E-state index contributed by atoms with van der Waals surface area (Å²) >= 11 is 7.17. The van der Waals surface area contributed by atoms with Crippen molar-refractivity contribution < 1.29 is 19.1 Å². The minimum atomic E-state index is -0.616. The monoisotopic (exact) mass is 470 g/mol. The van der Waals surface area contributed by atoms with Gasteiger partial charge in [-0.05, 0) is 49.1 Å². The van der Waals surface area contributed by atoms with Gasteiger partial charge in [0.15, 0.2) is 0 Å². The Kier molecular flexibility index (Phi) is 7.66. The number of amides is 2. The smallest absolute Gasteiger partial charge is 0.341 e. The van der Waals surface area contributed by atoms with E-state index in [0.29, 0.717) is 32.6 Å². The maximum absolute atomic E-state index is 12.9. The predicted octanol–water partition coefficient (Wildman–Crippen LogP) is 5.63. The van der Waals surface area contributed by atoms with Gasteiger partial charge in [0.2, 0.25) is 5.91 Å². The Hall–Kier alpha value is -3.16. The number of aryl methyl sites for hydroxylation is 2. The number of anilines is 2. The van der Waals surface area contributed by atoms with Crippen LogP contribution in [0, 0.1) is 13.8 Å². The van der Waals surface area contributed by atoms with Crippen molar-refractivity contribution in [2.24, 2.45) is 0 Å². The zero-order valence-electron chi connectivity index (χ0n) is 18.0. The average molecular weight is 471 g/mol. The number of rotatable bonds is 7. The molecule has 1 heterocycles. The summed E-state index contributed by atoms with van der Waals surface area (Å²) in [5, 5.41) is 6.38.